The highest BCUT2D eigenvalue weighted by Gasteiger charge is 2.39. The molecule has 9 rings (SSSR count). The molecule has 358 valence electrons. The lowest BCUT2D eigenvalue weighted by Gasteiger charge is -2.42. The van der Waals surface area contributed by atoms with Gasteiger partial charge in [0.2, 0.25) is 17.7 Å². The molecular formula is C49H62FN9O7S. The Morgan fingerprint density at radius 2 is 1.76 bits per heavy atom. The van der Waals surface area contributed by atoms with Crippen molar-refractivity contribution < 1.29 is 37.6 Å². The van der Waals surface area contributed by atoms with E-state index in [1.807, 2.05) is 30.5 Å². The number of amides is 4. The summed E-state index contributed by atoms with van der Waals surface area (Å²) in [5.41, 5.74) is 1.81. The van der Waals surface area contributed by atoms with Crippen LogP contribution in [0.3, 0.4) is 0 Å². The summed E-state index contributed by atoms with van der Waals surface area (Å²) >= 11 is 1.64. The number of hydrogen-bond donors (Lipinski definition) is 2. The van der Waals surface area contributed by atoms with Gasteiger partial charge in [0.05, 0.1) is 28.8 Å². The van der Waals surface area contributed by atoms with E-state index >= 15 is 0 Å². The average molecular weight is 940 g/mol. The average Bonchev–Trinajstić information content (AvgIpc) is 4.18. The minimum absolute atomic E-state index is 0.0535. The molecule has 4 aromatic heterocycles. The molecule has 1 aliphatic carbocycles. The second-order valence-corrected chi connectivity index (χ2v) is 19.6. The number of carbonyl (C=O) groups is 4. The number of ether oxygens (including phenoxy) is 2. The van der Waals surface area contributed by atoms with Crippen molar-refractivity contribution in [2.75, 3.05) is 52.9 Å². The van der Waals surface area contributed by atoms with Crippen LogP contribution in [0.15, 0.2) is 58.6 Å². The third-order valence-electron chi connectivity index (χ3n) is 14.3. The Balaban J connectivity index is 0.804. The summed E-state index contributed by atoms with van der Waals surface area (Å²) in [6.07, 6.45) is 10.2. The first-order chi connectivity index (χ1) is 32.5. The molecule has 18 heteroatoms. The summed E-state index contributed by atoms with van der Waals surface area (Å²) in [5.74, 6) is 0.764. The van der Waals surface area contributed by atoms with E-state index in [0.29, 0.717) is 48.7 Å². The lowest BCUT2D eigenvalue weighted by atomic mass is 9.83. The van der Waals surface area contributed by atoms with Gasteiger partial charge in [-0.15, -0.1) is 11.3 Å². The van der Waals surface area contributed by atoms with Crippen LogP contribution in [0, 0.1) is 11.7 Å². The number of benzene rings is 1. The molecule has 0 radical (unpaired) electrons. The molecule has 3 saturated heterocycles. The molecule has 16 nitrogen and oxygen atoms in total. The van der Waals surface area contributed by atoms with Crippen LogP contribution in [0.5, 0.6) is 11.6 Å². The number of carbonyl (C=O) groups excluding carboxylic acids is 4. The van der Waals surface area contributed by atoms with E-state index in [1.54, 1.807) is 62.9 Å². The molecule has 2 N–H and O–H groups in total. The fraction of sp³-hybridized carbons (Fsp3) is 0.551. The summed E-state index contributed by atoms with van der Waals surface area (Å²) in [5, 5.41) is 12.8. The topological polar surface area (TPSA) is 168 Å². The number of piperazine rings is 1. The monoisotopic (exact) mass is 939 g/mol. The van der Waals surface area contributed by atoms with Crippen molar-refractivity contribution in [1.82, 2.24) is 44.9 Å². The van der Waals surface area contributed by atoms with Crippen molar-refractivity contribution in [1.29, 1.82) is 0 Å². The van der Waals surface area contributed by atoms with Crippen molar-refractivity contribution in [2.24, 2.45) is 5.92 Å². The van der Waals surface area contributed by atoms with E-state index in [2.05, 4.69) is 25.7 Å². The minimum Gasteiger partial charge on any atom is -0.489 e. The number of piperidine rings is 1. The van der Waals surface area contributed by atoms with E-state index in [9.17, 15) is 23.6 Å². The molecule has 4 amide bonds. The summed E-state index contributed by atoms with van der Waals surface area (Å²) in [6.45, 7) is 7.50. The van der Waals surface area contributed by atoms with Gasteiger partial charge < -0.3 is 43.9 Å². The SMILES string of the molecule is CN[C@@H](C)C(=O)N[C@H](C(=O)N1CCN(C(=O)c2cc3cc(F)ccc3n2CC(=O)N2CCCC2COc2cc(CN3CCC(Oc4ccnc5ccsc45)CC3)on2)[C@@H](C)C1)C1CCCCC1. The van der Waals surface area contributed by atoms with Gasteiger partial charge in [-0.05, 0) is 112 Å². The van der Waals surface area contributed by atoms with Crippen LogP contribution in [0.25, 0.3) is 21.1 Å². The molecule has 5 aromatic rings. The van der Waals surface area contributed by atoms with Crippen LogP contribution in [0.1, 0.15) is 87.9 Å². The number of likely N-dealkylation sites (N-methyl/N-ethyl adjacent to an activating group) is 1. The van der Waals surface area contributed by atoms with E-state index in [1.165, 1.54) is 12.1 Å². The van der Waals surface area contributed by atoms with E-state index in [-0.39, 0.29) is 73.1 Å². The zero-order valence-corrected chi connectivity index (χ0v) is 39.5. The highest BCUT2D eigenvalue weighted by atomic mass is 32.1. The number of pyridine rings is 1. The molecule has 67 heavy (non-hydrogen) atoms. The van der Waals surface area contributed by atoms with Crippen molar-refractivity contribution in [3.05, 3.63) is 71.3 Å². The largest absolute Gasteiger partial charge is 0.489 e. The standard InChI is InChI=1S/C49H62FN9O7S/c1-31-27-56(49(63)45(33-8-5-4-6-9-33)53-47(61)32(2)51-3)21-22-57(31)48(62)41-25-34-24-35(50)11-12-40(34)59(41)29-44(60)58-18-7-10-36(58)30-64-43-26-38(66-54-43)28-55-19-14-37(15-20-55)65-42-13-17-52-39-16-23-67-46(39)42/h11-13,16-17,23-26,31-33,36-37,45,51H,4-10,14-15,18-22,27-30H2,1-3H3,(H,53,61)/t31-,32-,36?,45-/m0/s1. The molecule has 1 saturated carbocycles. The Labute approximate surface area is 394 Å². The lowest BCUT2D eigenvalue weighted by molar-refractivity contribution is -0.140. The van der Waals surface area contributed by atoms with Crippen molar-refractivity contribution in [2.45, 2.75) is 115 Å². The number of hydrogen-bond acceptors (Lipinski definition) is 12. The zero-order valence-electron chi connectivity index (χ0n) is 38.7. The number of halogens is 1. The number of fused-ring (bicyclic) bond motifs is 2. The van der Waals surface area contributed by atoms with Gasteiger partial charge in [0.1, 0.15) is 42.6 Å². The van der Waals surface area contributed by atoms with Gasteiger partial charge in [0, 0.05) is 68.5 Å². The number of rotatable bonds is 15. The van der Waals surface area contributed by atoms with Crippen LogP contribution in [-0.4, -0.2) is 141 Å². The maximum atomic E-state index is 14.6. The molecule has 0 bridgehead atoms. The minimum atomic E-state index is -0.632. The van der Waals surface area contributed by atoms with Crippen LogP contribution in [-0.2, 0) is 27.5 Å². The quantitative estimate of drug-likeness (QED) is 0.130. The Kier molecular flexibility index (Phi) is 14.4. The third-order valence-corrected chi connectivity index (χ3v) is 15.2. The molecule has 0 spiro atoms. The fourth-order valence-electron chi connectivity index (χ4n) is 10.4. The normalized spacial score (nSPS) is 20.9. The molecule has 3 aliphatic heterocycles. The smallest absolute Gasteiger partial charge is 0.270 e. The first-order valence-electron chi connectivity index (χ1n) is 24.0. The van der Waals surface area contributed by atoms with Gasteiger partial charge in [-0.3, -0.25) is 29.1 Å². The van der Waals surface area contributed by atoms with Crippen molar-refractivity contribution >= 4 is 56.1 Å². The van der Waals surface area contributed by atoms with Gasteiger partial charge >= 0.3 is 0 Å². The van der Waals surface area contributed by atoms with Gasteiger partial charge in [-0.1, -0.05) is 19.3 Å². The van der Waals surface area contributed by atoms with Crippen LogP contribution < -0.4 is 20.1 Å². The summed E-state index contributed by atoms with van der Waals surface area (Å²) in [4.78, 5) is 68.0. The number of nitrogens with zero attached hydrogens (tertiary/aromatic N) is 7. The number of aromatic nitrogens is 3. The fourth-order valence-corrected chi connectivity index (χ4v) is 11.2. The first kappa shape index (κ1) is 46.5. The molecule has 4 aliphatic rings. The molecule has 4 fully saturated rings. The highest BCUT2D eigenvalue weighted by molar-refractivity contribution is 7.17. The zero-order chi connectivity index (χ0) is 46.6. The van der Waals surface area contributed by atoms with E-state index in [0.717, 1.165) is 86.8 Å². The number of thiophene rings is 1. The van der Waals surface area contributed by atoms with Gasteiger partial charge in [0.15, 0.2) is 5.76 Å². The summed E-state index contributed by atoms with van der Waals surface area (Å²) in [6, 6.07) is 10.1. The Morgan fingerprint density at radius 1 is 0.940 bits per heavy atom. The summed E-state index contributed by atoms with van der Waals surface area (Å²) in [7, 11) is 1.72. The third kappa shape index (κ3) is 10.5. The van der Waals surface area contributed by atoms with Gasteiger partial charge in [-0.25, -0.2) is 4.39 Å². The predicted octanol–water partition coefficient (Wildman–Crippen LogP) is 5.84. The van der Waals surface area contributed by atoms with Gasteiger partial charge in [-0.2, -0.15) is 0 Å². The molecule has 1 unspecified atom stereocenters. The van der Waals surface area contributed by atoms with Crippen LogP contribution in [0.2, 0.25) is 0 Å². The molecule has 7 heterocycles. The maximum Gasteiger partial charge on any atom is 0.270 e. The van der Waals surface area contributed by atoms with Crippen LogP contribution in [0.4, 0.5) is 4.39 Å². The van der Waals surface area contributed by atoms with Gasteiger partial charge in [0.25, 0.3) is 11.8 Å². The second kappa shape index (κ2) is 20.7. The van der Waals surface area contributed by atoms with Crippen LogP contribution >= 0.6 is 11.3 Å². The molecule has 1 aromatic carbocycles. The Morgan fingerprint density at radius 3 is 2.55 bits per heavy atom. The van der Waals surface area contributed by atoms with E-state index < -0.39 is 17.9 Å². The molecule has 4 atom stereocenters. The second-order valence-electron chi connectivity index (χ2n) is 18.7. The van der Waals surface area contributed by atoms with E-state index in [4.69, 9.17) is 14.0 Å². The highest BCUT2D eigenvalue weighted by Crippen LogP contribution is 2.33. The first-order valence-corrected chi connectivity index (χ1v) is 24.9. The Bertz CT molecular complexity index is 2550. The Hall–Kier alpha value is -5.59. The maximum absolute atomic E-state index is 14.6. The number of nitrogens with one attached hydrogen (secondary N) is 2. The predicted molar refractivity (Wildman–Crippen MR) is 251 cm³/mol. The molecular weight excluding hydrogens is 878 g/mol. The van der Waals surface area contributed by atoms with Crippen molar-refractivity contribution in [3.8, 4) is 11.6 Å². The number of likely N-dealkylation sites (tertiary alicyclic amines) is 2. The van der Waals surface area contributed by atoms with Crippen molar-refractivity contribution in [3.63, 3.8) is 0 Å². The summed E-state index contributed by atoms with van der Waals surface area (Å²) < 4.78 is 35.6. The lowest BCUT2D eigenvalue weighted by Crippen LogP contribution is -2.61.